The second-order valence-corrected chi connectivity index (χ2v) is 4.60. The number of aliphatic hydroxyl groups is 1. The van der Waals surface area contributed by atoms with Gasteiger partial charge in [0.05, 0.1) is 12.4 Å². The lowest BCUT2D eigenvalue weighted by Gasteiger charge is -2.17. The maximum absolute atomic E-state index is 10.4. The van der Waals surface area contributed by atoms with Crippen molar-refractivity contribution in [1.29, 1.82) is 0 Å². The van der Waals surface area contributed by atoms with E-state index < -0.39 is 6.10 Å². The van der Waals surface area contributed by atoms with Crippen LogP contribution in [0.1, 0.15) is 36.8 Å². The minimum Gasteiger partial charge on any atom is -0.491 e. The van der Waals surface area contributed by atoms with E-state index in [1.165, 1.54) is 0 Å². The summed E-state index contributed by atoms with van der Waals surface area (Å²) in [6.45, 7) is 5.78. The molecule has 0 aliphatic heterocycles. The molecular weight excluding hydrogens is 228 g/mol. The van der Waals surface area contributed by atoms with Crippen molar-refractivity contribution in [3.8, 4) is 5.75 Å². The molecule has 1 aromatic carbocycles. The van der Waals surface area contributed by atoms with Crippen LogP contribution in [0.15, 0.2) is 41.0 Å². The second kappa shape index (κ2) is 5.27. The van der Waals surface area contributed by atoms with Gasteiger partial charge in [0.15, 0.2) is 0 Å². The molecule has 2 rings (SSSR count). The van der Waals surface area contributed by atoms with Crippen molar-refractivity contribution in [3.05, 3.63) is 53.5 Å². The number of furan rings is 1. The number of rotatable bonds is 4. The fourth-order valence-corrected chi connectivity index (χ4v) is 1.85. The summed E-state index contributed by atoms with van der Waals surface area (Å²) in [7, 11) is 0. The van der Waals surface area contributed by atoms with E-state index >= 15 is 0 Å². The quantitative estimate of drug-likeness (QED) is 0.898. The molecule has 96 valence electrons. The highest BCUT2D eigenvalue weighted by Gasteiger charge is 2.17. The first-order chi connectivity index (χ1) is 8.58. The average molecular weight is 246 g/mol. The van der Waals surface area contributed by atoms with Gasteiger partial charge in [-0.2, -0.15) is 0 Å². The third-order valence-corrected chi connectivity index (χ3v) is 2.64. The molecule has 0 saturated heterocycles. The standard InChI is InChI=1S/C15H18O3/c1-10(2)18-14-7-5-4-6-13(14)15(16)12-8-11(3)17-9-12/h4-10,15-16H,1-3H3. The van der Waals surface area contributed by atoms with E-state index in [0.29, 0.717) is 5.75 Å². The number of ether oxygens (including phenoxy) is 1. The number of aliphatic hydroxyl groups excluding tert-OH is 1. The predicted octanol–water partition coefficient (Wildman–Crippen LogP) is 3.46. The maximum Gasteiger partial charge on any atom is 0.125 e. The van der Waals surface area contributed by atoms with E-state index in [-0.39, 0.29) is 6.10 Å². The summed E-state index contributed by atoms with van der Waals surface area (Å²) in [6, 6.07) is 9.35. The lowest BCUT2D eigenvalue weighted by molar-refractivity contribution is 0.197. The van der Waals surface area contributed by atoms with Gasteiger partial charge in [0.2, 0.25) is 0 Å². The highest BCUT2D eigenvalue weighted by molar-refractivity contribution is 5.39. The van der Waals surface area contributed by atoms with E-state index in [0.717, 1.165) is 16.9 Å². The smallest absolute Gasteiger partial charge is 0.125 e. The van der Waals surface area contributed by atoms with Crippen LogP contribution in [0.4, 0.5) is 0 Å². The SMILES string of the molecule is Cc1cc(C(O)c2ccccc2OC(C)C)co1. The molecule has 0 bridgehead atoms. The highest BCUT2D eigenvalue weighted by Crippen LogP contribution is 2.31. The van der Waals surface area contributed by atoms with Gasteiger partial charge in [0.1, 0.15) is 17.6 Å². The molecule has 1 aromatic heterocycles. The minimum atomic E-state index is -0.725. The van der Waals surface area contributed by atoms with Crippen LogP contribution in [0.3, 0.4) is 0 Å². The predicted molar refractivity (Wildman–Crippen MR) is 69.7 cm³/mol. The molecule has 0 spiro atoms. The largest absolute Gasteiger partial charge is 0.491 e. The van der Waals surface area contributed by atoms with Gasteiger partial charge in [-0.25, -0.2) is 0 Å². The number of hydrogen-bond acceptors (Lipinski definition) is 3. The fourth-order valence-electron chi connectivity index (χ4n) is 1.85. The number of benzene rings is 1. The molecule has 18 heavy (non-hydrogen) atoms. The fraction of sp³-hybridized carbons (Fsp3) is 0.333. The topological polar surface area (TPSA) is 42.6 Å². The van der Waals surface area contributed by atoms with Crippen LogP contribution in [0.2, 0.25) is 0 Å². The van der Waals surface area contributed by atoms with E-state index in [2.05, 4.69) is 0 Å². The zero-order valence-electron chi connectivity index (χ0n) is 10.9. The maximum atomic E-state index is 10.4. The summed E-state index contributed by atoms with van der Waals surface area (Å²) in [5.41, 5.74) is 1.50. The van der Waals surface area contributed by atoms with Crippen molar-refractivity contribution >= 4 is 0 Å². The Hall–Kier alpha value is -1.74. The summed E-state index contributed by atoms with van der Waals surface area (Å²) in [6.07, 6.45) is 0.924. The van der Waals surface area contributed by atoms with Gasteiger partial charge in [-0.1, -0.05) is 18.2 Å². The van der Waals surface area contributed by atoms with Crippen molar-refractivity contribution in [2.45, 2.75) is 33.0 Å². The van der Waals surface area contributed by atoms with Crippen LogP contribution < -0.4 is 4.74 Å². The molecule has 2 aromatic rings. The van der Waals surface area contributed by atoms with Crippen LogP contribution in [-0.4, -0.2) is 11.2 Å². The Morgan fingerprint density at radius 2 is 1.94 bits per heavy atom. The molecule has 3 nitrogen and oxygen atoms in total. The van der Waals surface area contributed by atoms with Gasteiger partial charge in [-0.05, 0) is 32.9 Å². The minimum absolute atomic E-state index is 0.0736. The monoisotopic (exact) mass is 246 g/mol. The first-order valence-corrected chi connectivity index (χ1v) is 6.06. The molecule has 3 heteroatoms. The van der Waals surface area contributed by atoms with Crippen LogP contribution in [-0.2, 0) is 0 Å². The molecule has 0 fully saturated rings. The Labute approximate surface area is 107 Å². The molecule has 0 aliphatic carbocycles. The van der Waals surface area contributed by atoms with E-state index in [1.54, 1.807) is 6.26 Å². The van der Waals surface area contributed by atoms with Crippen LogP contribution in [0.25, 0.3) is 0 Å². The molecular formula is C15H18O3. The van der Waals surface area contributed by atoms with Gasteiger partial charge in [0, 0.05) is 11.1 Å². The van der Waals surface area contributed by atoms with Gasteiger partial charge < -0.3 is 14.3 Å². The Kier molecular flexibility index (Phi) is 3.72. The number of aryl methyl sites for hydroxylation is 1. The van der Waals surface area contributed by atoms with Crippen molar-refractivity contribution in [2.75, 3.05) is 0 Å². The Bertz CT molecular complexity index is 514. The summed E-state index contributed by atoms with van der Waals surface area (Å²) in [5.74, 6) is 1.49. The number of para-hydroxylation sites is 1. The molecule has 1 unspecified atom stereocenters. The third kappa shape index (κ3) is 2.74. The van der Waals surface area contributed by atoms with E-state index in [1.807, 2.05) is 51.1 Å². The van der Waals surface area contributed by atoms with Crippen LogP contribution >= 0.6 is 0 Å². The normalized spacial score (nSPS) is 12.7. The van der Waals surface area contributed by atoms with Gasteiger partial charge >= 0.3 is 0 Å². The first kappa shape index (κ1) is 12.7. The lowest BCUT2D eigenvalue weighted by atomic mass is 10.0. The average Bonchev–Trinajstić information content (AvgIpc) is 2.75. The summed E-state index contributed by atoms with van der Waals surface area (Å²) < 4.78 is 10.9. The third-order valence-electron chi connectivity index (χ3n) is 2.64. The first-order valence-electron chi connectivity index (χ1n) is 6.06. The lowest BCUT2D eigenvalue weighted by Crippen LogP contribution is -2.09. The van der Waals surface area contributed by atoms with E-state index in [4.69, 9.17) is 9.15 Å². The summed E-state index contributed by atoms with van der Waals surface area (Å²) in [4.78, 5) is 0. The molecule has 1 N–H and O–H groups in total. The second-order valence-electron chi connectivity index (χ2n) is 4.60. The Morgan fingerprint density at radius 3 is 2.56 bits per heavy atom. The molecule has 0 radical (unpaired) electrons. The molecule has 0 saturated carbocycles. The van der Waals surface area contributed by atoms with Crippen LogP contribution in [0, 0.1) is 6.92 Å². The Balaban J connectivity index is 2.32. The molecule has 0 amide bonds. The Morgan fingerprint density at radius 1 is 1.22 bits per heavy atom. The summed E-state index contributed by atoms with van der Waals surface area (Å²) in [5, 5.41) is 10.4. The van der Waals surface area contributed by atoms with E-state index in [9.17, 15) is 5.11 Å². The van der Waals surface area contributed by atoms with Crippen molar-refractivity contribution in [1.82, 2.24) is 0 Å². The highest BCUT2D eigenvalue weighted by atomic mass is 16.5. The van der Waals surface area contributed by atoms with Gasteiger partial charge in [-0.15, -0.1) is 0 Å². The van der Waals surface area contributed by atoms with Gasteiger partial charge in [-0.3, -0.25) is 0 Å². The van der Waals surface area contributed by atoms with Crippen molar-refractivity contribution in [3.63, 3.8) is 0 Å². The zero-order chi connectivity index (χ0) is 13.1. The summed E-state index contributed by atoms with van der Waals surface area (Å²) >= 11 is 0. The molecule has 0 aliphatic rings. The zero-order valence-corrected chi connectivity index (χ0v) is 10.9. The molecule has 1 atom stereocenters. The van der Waals surface area contributed by atoms with Crippen molar-refractivity contribution < 1.29 is 14.3 Å². The molecule has 1 heterocycles. The number of hydrogen-bond donors (Lipinski definition) is 1. The van der Waals surface area contributed by atoms with Gasteiger partial charge in [0.25, 0.3) is 0 Å². The van der Waals surface area contributed by atoms with Crippen molar-refractivity contribution in [2.24, 2.45) is 0 Å². The van der Waals surface area contributed by atoms with Crippen LogP contribution in [0.5, 0.6) is 5.75 Å².